The van der Waals surface area contributed by atoms with Crippen LogP contribution >= 0.6 is 0 Å². The van der Waals surface area contributed by atoms with Gasteiger partial charge in [-0.3, -0.25) is 4.57 Å². The van der Waals surface area contributed by atoms with Gasteiger partial charge in [0.05, 0.1) is 28.1 Å². The SMILES string of the molecule is [2H]C([2H])([2H])N1ON(c2cccc(Oc3ccc4c5ccccc5n(-c5cc(-c6ccccc6-c6ccccc6)ccn5)c4c3)c2)c2ccccc21. The second-order valence-electron chi connectivity index (χ2n) is 11.6. The van der Waals surface area contributed by atoms with Crippen LogP contribution in [0.25, 0.3) is 49.9 Å². The molecule has 1 aliphatic heterocycles. The zero-order chi connectivity index (χ0) is 34.5. The molecule has 0 spiro atoms. The molecule has 0 unspecified atom stereocenters. The van der Waals surface area contributed by atoms with Gasteiger partial charge in [0.2, 0.25) is 0 Å². The molecule has 8 aromatic rings. The van der Waals surface area contributed by atoms with Crippen LogP contribution in [0.5, 0.6) is 11.5 Å². The van der Waals surface area contributed by atoms with Gasteiger partial charge in [0.15, 0.2) is 0 Å². The molecule has 2 aromatic heterocycles. The monoisotopic (exact) mass is 625 g/mol. The lowest BCUT2D eigenvalue weighted by Crippen LogP contribution is -2.20. The van der Waals surface area contributed by atoms with Crippen LogP contribution in [0, 0.1) is 0 Å². The van der Waals surface area contributed by atoms with Crippen LogP contribution in [0.3, 0.4) is 0 Å². The maximum atomic E-state index is 7.97. The van der Waals surface area contributed by atoms with Gasteiger partial charge in [0, 0.05) is 40.2 Å². The molecule has 0 fully saturated rings. The molecule has 230 valence electrons. The molecule has 0 N–H and O–H groups in total. The lowest BCUT2D eigenvalue weighted by molar-refractivity contribution is 0.142. The largest absolute Gasteiger partial charge is 0.457 e. The Morgan fingerprint density at radius 1 is 0.583 bits per heavy atom. The highest BCUT2D eigenvalue weighted by atomic mass is 16.8. The summed E-state index contributed by atoms with van der Waals surface area (Å²) < 4.78 is 32.6. The number of rotatable bonds is 6. The molecule has 9 rings (SSSR count). The molecule has 0 atom stereocenters. The number of anilines is 3. The van der Waals surface area contributed by atoms with Crippen molar-refractivity contribution in [1.82, 2.24) is 9.55 Å². The number of benzene rings is 6. The van der Waals surface area contributed by atoms with Crippen molar-refractivity contribution in [1.29, 1.82) is 0 Å². The fourth-order valence-electron chi connectivity index (χ4n) is 6.55. The van der Waals surface area contributed by atoms with Gasteiger partial charge < -0.3 is 4.74 Å². The van der Waals surface area contributed by atoms with Gasteiger partial charge in [-0.25, -0.2) is 10.0 Å². The van der Waals surface area contributed by atoms with E-state index in [-0.39, 0.29) is 0 Å². The third-order valence-corrected chi connectivity index (χ3v) is 8.71. The number of para-hydroxylation sites is 3. The minimum Gasteiger partial charge on any atom is -0.457 e. The minimum atomic E-state index is -2.48. The molecule has 0 saturated heterocycles. The van der Waals surface area contributed by atoms with E-state index in [9.17, 15) is 0 Å². The van der Waals surface area contributed by atoms with E-state index in [1.165, 1.54) is 5.06 Å². The zero-order valence-electron chi connectivity index (χ0n) is 28.7. The van der Waals surface area contributed by atoms with E-state index < -0.39 is 6.98 Å². The Balaban J connectivity index is 1.10. The zero-order valence-corrected chi connectivity index (χ0v) is 25.7. The highest BCUT2D eigenvalue weighted by molar-refractivity contribution is 6.09. The predicted molar refractivity (Wildman–Crippen MR) is 194 cm³/mol. The molecule has 0 amide bonds. The van der Waals surface area contributed by atoms with Gasteiger partial charge in [-0.15, -0.1) is 4.94 Å². The third-order valence-electron chi connectivity index (χ3n) is 8.71. The molecular formula is C42H30N4O2. The Hall–Kier alpha value is -6.37. The number of hydrogen-bond acceptors (Lipinski definition) is 5. The van der Waals surface area contributed by atoms with E-state index in [1.54, 1.807) is 12.1 Å². The van der Waals surface area contributed by atoms with E-state index >= 15 is 0 Å². The van der Waals surface area contributed by atoms with Crippen LogP contribution in [0.2, 0.25) is 0 Å². The second-order valence-corrected chi connectivity index (χ2v) is 11.6. The second kappa shape index (κ2) is 11.5. The molecule has 0 aliphatic carbocycles. The summed E-state index contributed by atoms with van der Waals surface area (Å²) in [4.78, 5) is 10.7. The first-order chi connectivity index (χ1) is 24.9. The van der Waals surface area contributed by atoms with Crippen LogP contribution in [0.1, 0.15) is 4.11 Å². The van der Waals surface area contributed by atoms with E-state index in [2.05, 4.69) is 83.4 Å². The number of pyridine rings is 1. The van der Waals surface area contributed by atoms with Crippen molar-refractivity contribution in [2.75, 3.05) is 17.1 Å². The average molecular weight is 626 g/mol. The summed E-state index contributed by atoms with van der Waals surface area (Å²) in [7, 11) is 0. The van der Waals surface area contributed by atoms with Gasteiger partial charge in [0.1, 0.15) is 17.3 Å². The number of hydrogen-bond donors (Lipinski definition) is 0. The number of hydroxylamine groups is 1. The van der Waals surface area contributed by atoms with Crippen molar-refractivity contribution < 1.29 is 13.8 Å². The summed E-state index contributed by atoms with van der Waals surface area (Å²) in [5.41, 5.74) is 8.21. The number of nitrogens with zero attached hydrogens (tertiary/aromatic N) is 4. The summed E-state index contributed by atoms with van der Waals surface area (Å²) >= 11 is 0. The molecule has 3 heterocycles. The van der Waals surface area contributed by atoms with Crippen molar-refractivity contribution in [2.45, 2.75) is 0 Å². The maximum absolute atomic E-state index is 7.97. The highest BCUT2D eigenvalue weighted by Gasteiger charge is 2.26. The fourth-order valence-corrected chi connectivity index (χ4v) is 6.55. The number of aromatic nitrogens is 2. The highest BCUT2D eigenvalue weighted by Crippen LogP contribution is 2.42. The van der Waals surface area contributed by atoms with Crippen LogP contribution in [0.15, 0.2) is 164 Å². The summed E-state index contributed by atoms with van der Waals surface area (Å²) in [6.07, 6.45) is 1.87. The average Bonchev–Trinajstić information content (AvgIpc) is 3.72. The first kappa shape index (κ1) is 24.8. The maximum Gasteiger partial charge on any atom is 0.138 e. The van der Waals surface area contributed by atoms with Crippen LogP contribution < -0.4 is 14.9 Å². The minimum absolute atomic E-state index is 0.461. The lowest BCUT2D eigenvalue weighted by Gasteiger charge is -2.18. The number of fused-ring (bicyclic) bond motifs is 4. The van der Waals surface area contributed by atoms with Crippen molar-refractivity contribution in [2.24, 2.45) is 0 Å². The Morgan fingerprint density at radius 3 is 2.19 bits per heavy atom. The number of ether oxygens (including phenoxy) is 1. The predicted octanol–water partition coefficient (Wildman–Crippen LogP) is 10.7. The van der Waals surface area contributed by atoms with Gasteiger partial charge >= 0.3 is 0 Å². The van der Waals surface area contributed by atoms with E-state index in [4.69, 9.17) is 18.8 Å². The molecule has 0 bridgehead atoms. The topological polar surface area (TPSA) is 42.8 Å². The lowest BCUT2D eigenvalue weighted by atomic mass is 9.95. The molecule has 48 heavy (non-hydrogen) atoms. The Bertz CT molecular complexity index is 2570. The molecule has 6 aromatic carbocycles. The summed E-state index contributed by atoms with van der Waals surface area (Å²) in [6.45, 7) is -2.48. The third kappa shape index (κ3) is 4.75. The van der Waals surface area contributed by atoms with Crippen LogP contribution in [-0.2, 0) is 4.94 Å². The van der Waals surface area contributed by atoms with E-state index in [0.717, 1.165) is 54.9 Å². The molecular weight excluding hydrogens is 592 g/mol. The summed E-state index contributed by atoms with van der Waals surface area (Å²) in [5, 5.41) is 4.65. The van der Waals surface area contributed by atoms with Crippen molar-refractivity contribution in [3.05, 3.63) is 164 Å². The van der Waals surface area contributed by atoms with Gasteiger partial charge in [0.25, 0.3) is 0 Å². The first-order valence-corrected chi connectivity index (χ1v) is 15.7. The Morgan fingerprint density at radius 2 is 1.31 bits per heavy atom. The molecule has 0 saturated carbocycles. The van der Waals surface area contributed by atoms with E-state index in [1.807, 2.05) is 72.9 Å². The quantitative estimate of drug-likeness (QED) is 0.184. The van der Waals surface area contributed by atoms with Crippen molar-refractivity contribution in [3.63, 3.8) is 0 Å². The first-order valence-electron chi connectivity index (χ1n) is 17.2. The van der Waals surface area contributed by atoms with Gasteiger partial charge in [-0.1, -0.05) is 91.0 Å². The van der Waals surface area contributed by atoms with Crippen LogP contribution in [0.4, 0.5) is 17.1 Å². The summed E-state index contributed by atoms with van der Waals surface area (Å²) in [6, 6.07) is 52.0. The molecule has 6 nitrogen and oxygen atoms in total. The standard InChI is InChI=1S/C42H30N4O2/c1-44-39-20-9-10-21-40(39)46(48-44)31-14-11-15-32(27-31)47-33-22-23-37-36-18-7-8-19-38(36)45(41(37)28-33)42-26-30(24-25-43-42)35-17-6-5-16-34(35)29-12-3-2-4-13-29/h2-28H,1H3/i1D3. The fraction of sp³-hybridized carbons (Fsp3) is 0.0238. The Kier molecular flexibility index (Phi) is 5.92. The van der Waals surface area contributed by atoms with Crippen LogP contribution in [-0.4, -0.2) is 16.5 Å². The van der Waals surface area contributed by atoms with E-state index in [0.29, 0.717) is 28.6 Å². The molecule has 0 radical (unpaired) electrons. The van der Waals surface area contributed by atoms with Crippen molar-refractivity contribution >= 4 is 38.9 Å². The van der Waals surface area contributed by atoms with Gasteiger partial charge in [-0.2, -0.15) is 5.06 Å². The smallest absolute Gasteiger partial charge is 0.138 e. The Labute approximate surface area is 282 Å². The van der Waals surface area contributed by atoms with Gasteiger partial charge in [-0.05, 0) is 76.9 Å². The van der Waals surface area contributed by atoms with Crippen molar-refractivity contribution in [3.8, 4) is 39.6 Å². The summed E-state index contributed by atoms with van der Waals surface area (Å²) in [5.74, 6) is 2.01. The molecule has 6 heteroatoms. The normalized spacial score (nSPS) is 13.7. The molecule has 1 aliphatic rings.